The number of H-pyrrole nitrogens is 1. The summed E-state index contributed by atoms with van der Waals surface area (Å²) in [6.45, 7) is 6.86. The summed E-state index contributed by atoms with van der Waals surface area (Å²) in [7, 11) is 0. The van der Waals surface area contributed by atoms with Gasteiger partial charge in [0.2, 0.25) is 0 Å². The number of aromatic nitrogens is 1. The summed E-state index contributed by atoms with van der Waals surface area (Å²) >= 11 is 0. The molecule has 1 aliphatic heterocycles. The van der Waals surface area contributed by atoms with Crippen molar-refractivity contribution < 1.29 is 9.53 Å². The van der Waals surface area contributed by atoms with Crippen LogP contribution in [0.3, 0.4) is 0 Å². The van der Waals surface area contributed by atoms with Crippen LogP contribution < -0.4 is 0 Å². The van der Waals surface area contributed by atoms with Crippen LogP contribution in [0.25, 0.3) is 10.9 Å². The van der Waals surface area contributed by atoms with E-state index in [0.717, 1.165) is 23.0 Å². The summed E-state index contributed by atoms with van der Waals surface area (Å²) in [5.74, 6) is 0.164. The van der Waals surface area contributed by atoms with E-state index in [2.05, 4.69) is 23.7 Å². The fraction of sp³-hybridized carbons (Fsp3) is 0.438. The van der Waals surface area contributed by atoms with Crippen LogP contribution in [-0.4, -0.2) is 47.5 Å². The second kappa shape index (κ2) is 5.04. The van der Waals surface area contributed by atoms with Crippen molar-refractivity contribution >= 4 is 16.7 Å². The number of carbonyl (C=O) groups is 1. The van der Waals surface area contributed by atoms with E-state index in [1.807, 2.05) is 30.5 Å². The van der Waals surface area contributed by atoms with Gasteiger partial charge in [-0.05, 0) is 19.9 Å². The van der Waals surface area contributed by atoms with Gasteiger partial charge in [-0.15, -0.1) is 0 Å². The van der Waals surface area contributed by atoms with Gasteiger partial charge in [0.25, 0.3) is 0 Å². The van der Waals surface area contributed by atoms with Crippen LogP contribution in [0.2, 0.25) is 0 Å². The molecule has 0 aliphatic carbocycles. The molecule has 106 valence electrons. The average molecular weight is 272 g/mol. The molecular weight excluding hydrogens is 252 g/mol. The number of hydrogen-bond donors (Lipinski definition) is 1. The Morgan fingerprint density at radius 1 is 1.40 bits per heavy atom. The number of morpholine rings is 1. The van der Waals surface area contributed by atoms with Gasteiger partial charge in [-0.1, -0.05) is 18.2 Å². The van der Waals surface area contributed by atoms with E-state index < -0.39 is 0 Å². The molecule has 0 atom stereocenters. The highest BCUT2D eigenvalue weighted by atomic mass is 16.5. The first-order valence-electron chi connectivity index (χ1n) is 7.00. The van der Waals surface area contributed by atoms with E-state index in [1.165, 1.54) is 0 Å². The first-order chi connectivity index (χ1) is 9.58. The number of nitrogens with one attached hydrogen (secondary N) is 1. The number of para-hydroxylation sites is 1. The molecule has 0 bridgehead atoms. The molecule has 4 heteroatoms. The van der Waals surface area contributed by atoms with Crippen LogP contribution in [0.1, 0.15) is 24.2 Å². The highest BCUT2D eigenvalue weighted by Gasteiger charge is 2.32. The molecule has 1 fully saturated rings. The second-order valence-electron chi connectivity index (χ2n) is 5.96. The minimum atomic E-state index is -0.0833. The molecule has 1 N–H and O–H groups in total. The third kappa shape index (κ3) is 2.37. The van der Waals surface area contributed by atoms with Crippen LogP contribution in [0.5, 0.6) is 0 Å². The molecule has 4 nitrogen and oxygen atoms in total. The number of aromatic amines is 1. The molecule has 20 heavy (non-hydrogen) atoms. The van der Waals surface area contributed by atoms with Crippen molar-refractivity contribution in [3.63, 3.8) is 0 Å². The van der Waals surface area contributed by atoms with Crippen LogP contribution in [0.15, 0.2) is 30.5 Å². The summed E-state index contributed by atoms with van der Waals surface area (Å²) in [5.41, 5.74) is 1.71. The summed E-state index contributed by atoms with van der Waals surface area (Å²) in [5, 5.41) is 1.00. The van der Waals surface area contributed by atoms with Gasteiger partial charge in [0.05, 0.1) is 19.8 Å². The molecule has 0 radical (unpaired) electrons. The van der Waals surface area contributed by atoms with E-state index in [1.54, 1.807) is 0 Å². The molecule has 0 spiro atoms. The first-order valence-corrected chi connectivity index (χ1v) is 7.00. The lowest BCUT2D eigenvalue weighted by Crippen LogP contribution is -2.54. The molecular formula is C16H20N2O2. The van der Waals surface area contributed by atoms with E-state index in [-0.39, 0.29) is 11.3 Å². The van der Waals surface area contributed by atoms with Crippen molar-refractivity contribution in [2.45, 2.75) is 19.4 Å². The molecule has 0 saturated carbocycles. The Balaban J connectivity index is 1.82. The maximum atomic E-state index is 12.6. The maximum absolute atomic E-state index is 12.6. The quantitative estimate of drug-likeness (QED) is 0.873. The largest absolute Gasteiger partial charge is 0.378 e. The molecule has 2 aromatic rings. The Bertz CT molecular complexity index is 630. The average Bonchev–Trinajstić information content (AvgIpc) is 2.85. The Morgan fingerprint density at radius 3 is 3.00 bits per heavy atom. The van der Waals surface area contributed by atoms with Gasteiger partial charge in [-0.2, -0.15) is 0 Å². The predicted octanol–water partition coefficient (Wildman–Crippen LogP) is 2.46. The normalized spacial score (nSPS) is 19.3. The number of carbonyl (C=O) groups excluding carboxylic acids is 1. The maximum Gasteiger partial charge on any atom is 0.178 e. The molecule has 1 saturated heterocycles. The molecule has 1 aromatic carbocycles. The van der Waals surface area contributed by atoms with Crippen molar-refractivity contribution in [1.82, 2.24) is 9.88 Å². The number of fused-ring (bicyclic) bond motifs is 1. The monoisotopic (exact) mass is 272 g/mol. The van der Waals surface area contributed by atoms with Gasteiger partial charge in [0.1, 0.15) is 0 Å². The van der Waals surface area contributed by atoms with Crippen LogP contribution >= 0.6 is 0 Å². The van der Waals surface area contributed by atoms with Crippen molar-refractivity contribution in [2.24, 2.45) is 0 Å². The number of nitrogens with zero attached hydrogens (tertiary/aromatic N) is 1. The smallest absolute Gasteiger partial charge is 0.178 e. The van der Waals surface area contributed by atoms with Crippen molar-refractivity contribution in [3.05, 3.63) is 36.0 Å². The minimum Gasteiger partial charge on any atom is -0.378 e. The third-order valence-electron chi connectivity index (χ3n) is 4.04. The lowest BCUT2D eigenvalue weighted by molar-refractivity contribution is -0.0467. The number of hydrogen-bond acceptors (Lipinski definition) is 3. The van der Waals surface area contributed by atoms with Gasteiger partial charge >= 0.3 is 0 Å². The number of benzene rings is 1. The van der Waals surface area contributed by atoms with Crippen molar-refractivity contribution in [2.75, 3.05) is 26.3 Å². The van der Waals surface area contributed by atoms with E-state index in [9.17, 15) is 4.79 Å². The molecule has 3 rings (SSSR count). The van der Waals surface area contributed by atoms with Gasteiger partial charge in [0, 0.05) is 34.7 Å². The molecule has 0 unspecified atom stereocenters. The Morgan fingerprint density at radius 2 is 2.20 bits per heavy atom. The zero-order valence-corrected chi connectivity index (χ0v) is 12.0. The number of rotatable bonds is 3. The number of ketones is 1. The number of ether oxygens (including phenoxy) is 1. The molecule has 2 heterocycles. The number of Topliss-reactive ketones (excluding diaryl/α,β-unsaturated/α-hetero) is 1. The van der Waals surface area contributed by atoms with Crippen molar-refractivity contribution in [3.8, 4) is 0 Å². The molecule has 1 aromatic heterocycles. The standard InChI is InChI=1S/C16H20N2O2/c1-16(2)11-20-8-7-18(16)10-15(19)13-9-17-14-6-4-3-5-12(13)14/h3-6,9,17H,7-8,10-11H2,1-2H3. The van der Waals surface area contributed by atoms with Gasteiger partial charge in [-0.3, -0.25) is 9.69 Å². The van der Waals surface area contributed by atoms with E-state index in [0.29, 0.717) is 19.8 Å². The van der Waals surface area contributed by atoms with Crippen LogP contribution in [0, 0.1) is 0 Å². The summed E-state index contributed by atoms with van der Waals surface area (Å²) in [6.07, 6.45) is 1.82. The van der Waals surface area contributed by atoms with Gasteiger partial charge in [-0.25, -0.2) is 0 Å². The SMILES string of the molecule is CC1(C)COCCN1CC(=O)c1c[nH]c2ccccc12. The van der Waals surface area contributed by atoms with Gasteiger partial charge < -0.3 is 9.72 Å². The highest BCUT2D eigenvalue weighted by Crippen LogP contribution is 2.22. The Labute approximate surface area is 118 Å². The zero-order valence-electron chi connectivity index (χ0n) is 12.0. The van der Waals surface area contributed by atoms with Crippen molar-refractivity contribution in [1.29, 1.82) is 0 Å². The zero-order chi connectivity index (χ0) is 14.2. The van der Waals surface area contributed by atoms with Crippen LogP contribution in [-0.2, 0) is 4.74 Å². The Kier molecular flexibility index (Phi) is 3.36. The fourth-order valence-electron chi connectivity index (χ4n) is 2.74. The lowest BCUT2D eigenvalue weighted by Gasteiger charge is -2.41. The van der Waals surface area contributed by atoms with E-state index in [4.69, 9.17) is 4.74 Å². The summed E-state index contributed by atoms with van der Waals surface area (Å²) in [6, 6.07) is 7.91. The summed E-state index contributed by atoms with van der Waals surface area (Å²) < 4.78 is 5.50. The molecule has 1 aliphatic rings. The Hall–Kier alpha value is -1.65. The van der Waals surface area contributed by atoms with Crippen LogP contribution in [0.4, 0.5) is 0 Å². The fourth-order valence-corrected chi connectivity index (χ4v) is 2.74. The minimum absolute atomic E-state index is 0.0833. The van der Waals surface area contributed by atoms with Gasteiger partial charge in [0.15, 0.2) is 5.78 Å². The highest BCUT2D eigenvalue weighted by molar-refractivity contribution is 6.08. The molecule has 0 amide bonds. The first kappa shape index (κ1) is 13.3. The van der Waals surface area contributed by atoms with E-state index >= 15 is 0 Å². The lowest BCUT2D eigenvalue weighted by atomic mass is 10.0. The summed E-state index contributed by atoms with van der Waals surface area (Å²) in [4.78, 5) is 17.9. The topological polar surface area (TPSA) is 45.3 Å². The third-order valence-corrected chi connectivity index (χ3v) is 4.04. The predicted molar refractivity (Wildman–Crippen MR) is 79.1 cm³/mol. The second-order valence-corrected chi connectivity index (χ2v) is 5.96.